The van der Waals surface area contributed by atoms with Crippen LogP contribution in [0.1, 0.15) is 0 Å². The van der Waals surface area contributed by atoms with Gasteiger partial charge in [0.1, 0.15) is 5.58 Å². The molecule has 0 saturated carbocycles. The lowest BCUT2D eigenvalue weighted by molar-refractivity contribution is 0.570. The Balaban J connectivity index is 1.51. The van der Waals surface area contributed by atoms with Crippen LogP contribution in [0.25, 0.3) is 72.3 Å². The van der Waals surface area contributed by atoms with Crippen LogP contribution >= 0.6 is 0 Å². The third kappa shape index (κ3) is 3.43. The summed E-state index contributed by atoms with van der Waals surface area (Å²) < 4.78 is 7.73. The van der Waals surface area contributed by atoms with Crippen LogP contribution in [0.5, 0.6) is 0 Å². The molecule has 6 heteroatoms. The van der Waals surface area contributed by atoms with Gasteiger partial charge < -0.3 is 4.42 Å². The van der Waals surface area contributed by atoms with E-state index < -0.39 is 0 Å². The van der Waals surface area contributed by atoms with Crippen molar-refractivity contribution in [3.05, 3.63) is 132 Å². The minimum absolute atomic E-state index is 0.356. The maximum absolute atomic E-state index is 13.0. The van der Waals surface area contributed by atoms with Crippen LogP contribution < -0.4 is 5.63 Å². The fourth-order valence-corrected chi connectivity index (χ4v) is 5.45. The van der Waals surface area contributed by atoms with E-state index in [0.717, 1.165) is 43.7 Å². The zero-order chi connectivity index (χ0) is 26.6. The van der Waals surface area contributed by atoms with Gasteiger partial charge in [0, 0.05) is 32.7 Å². The highest BCUT2D eigenvalue weighted by atomic mass is 16.4. The van der Waals surface area contributed by atoms with Gasteiger partial charge in [-0.3, -0.25) is 4.57 Å². The van der Waals surface area contributed by atoms with Crippen molar-refractivity contribution in [2.24, 2.45) is 0 Å². The van der Waals surface area contributed by atoms with Gasteiger partial charge in [0.25, 0.3) is 0 Å². The van der Waals surface area contributed by atoms with Crippen molar-refractivity contribution in [2.45, 2.75) is 0 Å². The zero-order valence-electron chi connectivity index (χ0n) is 21.2. The molecule has 0 aliphatic carbocycles. The molecular weight excluding hydrogens is 496 g/mol. The van der Waals surface area contributed by atoms with Gasteiger partial charge in [0.05, 0.1) is 16.4 Å². The first-order valence-corrected chi connectivity index (χ1v) is 13.0. The van der Waals surface area contributed by atoms with Crippen LogP contribution in [0.4, 0.5) is 0 Å². The number of benzene rings is 5. The van der Waals surface area contributed by atoms with Gasteiger partial charge in [-0.25, -0.2) is 9.78 Å². The van der Waals surface area contributed by atoms with Crippen LogP contribution in [0.3, 0.4) is 0 Å². The number of aromatic nitrogens is 4. The van der Waals surface area contributed by atoms with E-state index in [1.165, 1.54) is 0 Å². The molecule has 8 rings (SSSR count). The quantitative estimate of drug-likeness (QED) is 0.179. The fourth-order valence-electron chi connectivity index (χ4n) is 5.45. The predicted molar refractivity (Wildman–Crippen MR) is 159 cm³/mol. The third-order valence-corrected chi connectivity index (χ3v) is 7.30. The molecule has 8 aromatic rings. The summed E-state index contributed by atoms with van der Waals surface area (Å²) in [4.78, 5) is 27.9. The molecule has 0 unspecified atom stereocenters. The summed E-state index contributed by atoms with van der Waals surface area (Å²) in [5.41, 5.74) is 3.83. The minimum atomic E-state index is -0.356. The Morgan fingerprint density at radius 1 is 0.500 bits per heavy atom. The molecule has 0 bridgehead atoms. The van der Waals surface area contributed by atoms with Gasteiger partial charge in [-0.15, -0.1) is 0 Å². The van der Waals surface area contributed by atoms with E-state index >= 15 is 0 Å². The Bertz CT molecular complexity index is 2230. The standard InChI is InChI=1S/C34H20N4O2/c39-33-27-19-26-23-15-7-9-17-28(23)38(29(26)20-25(27)24-16-8-10-18-30(24)40-33)34-36-31(21-11-3-1-4-12-21)35-32(37-34)22-13-5-2-6-14-22/h1-20H. The van der Waals surface area contributed by atoms with Crippen LogP contribution in [0.15, 0.2) is 131 Å². The predicted octanol–water partition coefficient (Wildman–Crippen LogP) is 7.56. The van der Waals surface area contributed by atoms with E-state index in [2.05, 4.69) is 22.8 Å². The zero-order valence-corrected chi connectivity index (χ0v) is 21.2. The van der Waals surface area contributed by atoms with Crippen molar-refractivity contribution in [1.29, 1.82) is 0 Å². The average molecular weight is 517 g/mol. The molecule has 0 saturated heterocycles. The molecule has 0 amide bonds. The first-order chi connectivity index (χ1) is 19.7. The monoisotopic (exact) mass is 516 g/mol. The Morgan fingerprint density at radius 3 is 1.80 bits per heavy atom. The van der Waals surface area contributed by atoms with E-state index in [0.29, 0.717) is 28.6 Å². The molecular formula is C34H20N4O2. The molecule has 0 aliphatic rings. The van der Waals surface area contributed by atoms with Crippen molar-refractivity contribution in [1.82, 2.24) is 19.5 Å². The van der Waals surface area contributed by atoms with Crippen LogP contribution in [-0.4, -0.2) is 19.5 Å². The first kappa shape index (κ1) is 22.4. The number of hydrogen-bond donors (Lipinski definition) is 0. The largest absolute Gasteiger partial charge is 0.422 e. The normalized spacial score (nSPS) is 11.6. The Hall–Kier alpha value is -5.62. The highest BCUT2D eigenvalue weighted by Gasteiger charge is 2.19. The Morgan fingerprint density at radius 2 is 1.10 bits per heavy atom. The summed E-state index contributed by atoms with van der Waals surface area (Å²) in [6, 6.07) is 39.5. The van der Waals surface area contributed by atoms with Crippen molar-refractivity contribution >= 4 is 43.5 Å². The fraction of sp³-hybridized carbons (Fsp3) is 0. The second-order valence-corrected chi connectivity index (χ2v) is 9.67. The summed E-state index contributed by atoms with van der Waals surface area (Å²) in [5, 5.41) is 4.16. The Kier molecular flexibility index (Phi) is 4.87. The van der Waals surface area contributed by atoms with E-state index in [9.17, 15) is 4.79 Å². The van der Waals surface area contributed by atoms with Gasteiger partial charge in [-0.1, -0.05) is 97.1 Å². The summed E-state index contributed by atoms with van der Waals surface area (Å²) in [7, 11) is 0. The molecule has 0 N–H and O–H groups in total. The second kappa shape index (κ2) is 8.71. The number of nitrogens with zero attached hydrogens (tertiary/aromatic N) is 4. The maximum Gasteiger partial charge on any atom is 0.344 e. The molecule has 3 aromatic heterocycles. The molecule has 0 radical (unpaired) electrons. The lowest BCUT2D eigenvalue weighted by atomic mass is 10.0. The van der Waals surface area contributed by atoms with Crippen LogP contribution in [0.2, 0.25) is 0 Å². The van der Waals surface area contributed by atoms with Gasteiger partial charge in [-0.05, 0) is 24.3 Å². The highest BCUT2D eigenvalue weighted by molar-refractivity contribution is 6.17. The van der Waals surface area contributed by atoms with E-state index in [4.69, 9.17) is 19.4 Å². The van der Waals surface area contributed by atoms with Crippen molar-refractivity contribution in [3.8, 4) is 28.7 Å². The average Bonchev–Trinajstić information content (AvgIpc) is 3.34. The number of para-hydroxylation sites is 2. The van der Waals surface area contributed by atoms with Gasteiger partial charge >= 0.3 is 5.63 Å². The number of fused-ring (bicyclic) bond motifs is 6. The van der Waals surface area contributed by atoms with Crippen molar-refractivity contribution in [2.75, 3.05) is 0 Å². The number of rotatable bonds is 3. The van der Waals surface area contributed by atoms with Crippen LogP contribution in [0, 0.1) is 0 Å². The molecule has 5 aromatic carbocycles. The number of hydrogen-bond acceptors (Lipinski definition) is 5. The van der Waals surface area contributed by atoms with E-state index in [1.54, 1.807) is 0 Å². The molecule has 40 heavy (non-hydrogen) atoms. The van der Waals surface area contributed by atoms with Crippen molar-refractivity contribution in [3.63, 3.8) is 0 Å². The summed E-state index contributed by atoms with van der Waals surface area (Å²) in [5.74, 6) is 1.68. The second-order valence-electron chi connectivity index (χ2n) is 9.67. The molecule has 0 spiro atoms. The Labute approximate surface area is 227 Å². The topological polar surface area (TPSA) is 73.8 Å². The SMILES string of the molecule is O=c1oc2ccccc2c2cc3c(cc12)c1ccccc1n3-c1nc(-c2ccccc2)nc(-c2ccccc2)n1. The molecule has 6 nitrogen and oxygen atoms in total. The lowest BCUT2D eigenvalue weighted by Gasteiger charge is -2.11. The van der Waals surface area contributed by atoms with E-state index in [-0.39, 0.29) is 5.63 Å². The molecule has 0 atom stereocenters. The molecule has 0 fully saturated rings. The minimum Gasteiger partial charge on any atom is -0.422 e. The molecule has 188 valence electrons. The first-order valence-electron chi connectivity index (χ1n) is 13.0. The van der Waals surface area contributed by atoms with Crippen molar-refractivity contribution < 1.29 is 4.42 Å². The lowest BCUT2D eigenvalue weighted by Crippen LogP contribution is -2.06. The third-order valence-electron chi connectivity index (χ3n) is 7.30. The summed E-state index contributed by atoms with van der Waals surface area (Å²) >= 11 is 0. The summed E-state index contributed by atoms with van der Waals surface area (Å²) in [6.45, 7) is 0. The smallest absolute Gasteiger partial charge is 0.344 e. The highest BCUT2D eigenvalue weighted by Crippen LogP contribution is 2.36. The maximum atomic E-state index is 13.0. The summed E-state index contributed by atoms with van der Waals surface area (Å²) in [6.07, 6.45) is 0. The van der Waals surface area contributed by atoms with Gasteiger partial charge in [-0.2, -0.15) is 9.97 Å². The molecule has 0 aliphatic heterocycles. The van der Waals surface area contributed by atoms with Crippen LogP contribution in [-0.2, 0) is 0 Å². The van der Waals surface area contributed by atoms with E-state index in [1.807, 2.05) is 103 Å². The van der Waals surface area contributed by atoms with Gasteiger partial charge in [0.2, 0.25) is 5.95 Å². The van der Waals surface area contributed by atoms with Gasteiger partial charge in [0.15, 0.2) is 11.6 Å². The molecule has 3 heterocycles.